The van der Waals surface area contributed by atoms with Crippen LogP contribution in [0.1, 0.15) is 38.5 Å². The average molecular weight is 283 g/mol. The van der Waals surface area contributed by atoms with Crippen molar-refractivity contribution in [2.45, 2.75) is 44.8 Å². The fourth-order valence-electron chi connectivity index (χ4n) is 2.18. The summed E-state index contributed by atoms with van der Waals surface area (Å²) in [6.45, 7) is 6.64. The van der Waals surface area contributed by atoms with Gasteiger partial charge in [0.1, 0.15) is 11.2 Å². The van der Waals surface area contributed by atoms with Crippen LogP contribution in [0.2, 0.25) is 0 Å². The van der Waals surface area contributed by atoms with Crippen molar-refractivity contribution in [2.24, 2.45) is 0 Å². The number of likely N-dealkylation sites (tertiary alicyclic amines) is 1. The van der Waals surface area contributed by atoms with Crippen molar-refractivity contribution in [1.29, 1.82) is 0 Å². The molecule has 1 N–H and O–H groups in total. The summed E-state index contributed by atoms with van der Waals surface area (Å²) in [5, 5.41) is 12.6. The van der Waals surface area contributed by atoms with Crippen molar-refractivity contribution in [3.8, 4) is 0 Å². The number of carbonyl (C=O) groups is 1. The van der Waals surface area contributed by atoms with Crippen LogP contribution in [0.3, 0.4) is 0 Å². The molecule has 0 aliphatic carbocycles. The third-order valence-corrected chi connectivity index (χ3v) is 4.29. The van der Waals surface area contributed by atoms with Crippen LogP contribution < -0.4 is 0 Å². The average Bonchev–Trinajstić information content (AvgIpc) is 2.81. The Labute approximate surface area is 118 Å². The number of thiophene rings is 1. The summed E-state index contributed by atoms with van der Waals surface area (Å²) in [4.78, 5) is 14.6. The van der Waals surface area contributed by atoms with Gasteiger partial charge in [0.2, 0.25) is 0 Å². The molecule has 1 fully saturated rings. The molecule has 1 saturated heterocycles. The van der Waals surface area contributed by atoms with E-state index < -0.39 is 11.2 Å². The lowest BCUT2D eigenvalue weighted by atomic mass is 9.90. The van der Waals surface area contributed by atoms with Crippen molar-refractivity contribution < 1.29 is 14.6 Å². The Kier molecular flexibility index (Phi) is 3.87. The van der Waals surface area contributed by atoms with E-state index in [0.717, 1.165) is 4.88 Å². The Balaban J connectivity index is 1.94. The van der Waals surface area contributed by atoms with Crippen molar-refractivity contribution in [2.75, 3.05) is 13.1 Å². The molecule has 2 heterocycles. The predicted octanol–water partition coefficient (Wildman–Crippen LogP) is 2.97. The summed E-state index contributed by atoms with van der Waals surface area (Å²) < 4.78 is 5.34. The maximum absolute atomic E-state index is 11.9. The number of hydrogen-bond acceptors (Lipinski definition) is 4. The van der Waals surface area contributed by atoms with Crippen molar-refractivity contribution in [3.63, 3.8) is 0 Å². The smallest absolute Gasteiger partial charge is 0.410 e. The number of amides is 1. The van der Waals surface area contributed by atoms with Gasteiger partial charge in [-0.1, -0.05) is 6.07 Å². The van der Waals surface area contributed by atoms with Gasteiger partial charge in [0.05, 0.1) is 0 Å². The van der Waals surface area contributed by atoms with Crippen LogP contribution in [-0.2, 0) is 10.3 Å². The molecule has 2 rings (SSSR count). The summed E-state index contributed by atoms with van der Waals surface area (Å²) in [5.41, 5.74) is -1.26. The Hall–Kier alpha value is -1.07. The minimum Gasteiger partial charge on any atom is -0.444 e. The second-order valence-electron chi connectivity index (χ2n) is 5.98. The maximum atomic E-state index is 11.9. The number of nitrogens with zero attached hydrogens (tertiary/aromatic N) is 1. The molecule has 1 aliphatic heterocycles. The summed E-state index contributed by atoms with van der Waals surface area (Å²) in [7, 11) is 0. The summed E-state index contributed by atoms with van der Waals surface area (Å²) in [6, 6.07) is 3.89. The van der Waals surface area contributed by atoms with E-state index in [4.69, 9.17) is 4.74 Å². The molecule has 0 atom stereocenters. The summed E-state index contributed by atoms with van der Waals surface area (Å²) in [5.74, 6) is 0. The molecule has 0 spiro atoms. The van der Waals surface area contributed by atoms with Crippen LogP contribution in [-0.4, -0.2) is 34.8 Å². The lowest BCUT2D eigenvalue weighted by Crippen LogP contribution is -2.46. The van der Waals surface area contributed by atoms with Gasteiger partial charge in [0.15, 0.2) is 0 Å². The molecular formula is C14H21NO3S. The minimum absolute atomic E-state index is 0.291. The Morgan fingerprint density at radius 1 is 1.42 bits per heavy atom. The van der Waals surface area contributed by atoms with Gasteiger partial charge < -0.3 is 14.7 Å². The molecule has 1 aromatic heterocycles. The highest BCUT2D eigenvalue weighted by molar-refractivity contribution is 7.10. The number of hydrogen-bond donors (Lipinski definition) is 1. The highest BCUT2D eigenvalue weighted by Gasteiger charge is 2.37. The molecular weight excluding hydrogens is 262 g/mol. The van der Waals surface area contributed by atoms with E-state index in [1.165, 1.54) is 0 Å². The van der Waals surface area contributed by atoms with Gasteiger partial charge in [-0.3, -0.25) is 0 Å². The first-order valence-electron chi connectivity index (χ1n) is 6.54. The van der Waals surface area contributed by atoms with E-state index in [2.05, 4.69) is 0 Å². The van der Waals surface area contributed by atoms with Crippen LogP contribution in [0.5, 0.6) is 0 Å². The zero-order valence-corrected chi connectivity index (χ0v) is 12.5. The number of ether oxygens (including phenoxy) is 1. The van der Waals surface area contributed by atoms with E-state index in [-0.39, 0.29) is 6.09 Å². The normalized spacial score (nSPS) is 19.3. The van der Waals surface area contributed by atoms with Crippen LogP contribution in [0.15, 0.2) is 17.5 Å². The molecule has 19 heavy (non-hydrogen) atoms. The molecule has 0 unspecified atom stereocenters. The molecule has 1 amide bonds. The van der Waals surface area contributed by atoms with Crippen LogP contribution in [0.4, 0.5) is 4.79 Å². The lowest BCUT2D eigenvalue weighted by Gasteiger charge is -2.38. The van der Waals surface area contributed by atoms with Crippen LogP contribution in [0, 0.1) is 0 Å². The van der Waals surface area contributed by atoms with Crippen molar-refractivity contribution in [1.82, 2.24) is 4.90 Å². The van der Waals surface area contributed by atoms with E-state index >= 15 is 0 Å². The monoisotopic (exact) mass is 283 g/mol. The molecule has 5 heteroatoms. The second-order valence-corrected chi connectivity index (χ2v) is 6.92. The lowest BCUT2D eigenvalue weighted by molar-refractivity contribution is -0.0335. The van der Waals surface area contributed by atoms with Crippen molar-refractivity contribution in [3.05, 3.63) is 22.4 Å². The zero-order valence-electron chi connectivity index (χ0n) is 11.7. The third kappa shape index (κ3) is 3.48. The Morgan fingerprint density at radius 3 is 2.53 bits per heavy atom. The maximum Gasteiger partial charge on any atom is 0.410 e. The molecule has 0 radical (unpaired) electrons. The van der Waals surface area contributed by atoms with E-state index in [1.54, 1.807) is 16.2 Å². The molecule has 4 nitrogen and oxygen atoms in total. The first-order valence-corrected chi connectivity index (χ1v) is 7.42. The first-order chi connectivity index (χ1) is 8.80. The second kappa shape index (κ2) is 5.13. The molecule has 106 valence electrons. The first kappa shape index (κ1) is 14.3. The molecule has 0 aromatic carbocycles. The number of piperidine rings is 1. The topological polar surface area (TPSA) is 49.8 Å². The SMILES string of the molecule is CC(C)(C)OC(=O)N1CCC(O)(c2cccs2)CC1. The number of carbonyl (C=O) groups excluding carboxylic acids is 1. The highest BCUT2D eigenvalue weighted by Crippen LogP contribution is 2.35. The highest BCUT2D eigenvalue weighted by atomic mass is 32.1. The van der Waals surface area contributed by atoms with Gasteiger partial charge in [0.25, 0.3) is 0 Å². The molecule has 0 saturated carbocycles. The quantitative estimate of drug-likeness (QED) is 0.862. The molecule has 1 aromatic rings. The Bertz CT molecular complexity index is 428. The minimum atomic E-state index is -0.785. The fraction of sp³-hybridized carbons (Fsp3) is 0.643. The van der Waals surface area contributed by atoms with Gasteiger partial charge in [-0.2, -0.15) is 0 Å². The van der Waals surface area contributed by atoms with Crippen LogP contribution in [0.25, 0.3) is 0 Å². The van der Waals surface area contributed by atoms with Crippen LogP contribution >= 0.6 is 11.3 Å². The number of aliphatic hydroxyl groups is 1. The standard InChI is InChI=1S/C14H21NO3S/c1-13(2,3)18-12(16)15-8-6-14(17,7-9-15)11-5-4-10-19-11/h4-5,10,17H,6-9H2,1-3H3. The molecule has 0 bridgehead atoms. The summed E-state index contributed by atoms with van der Waals surface area (Å²) >= 11 is 1.56. The number of rotatable bonds is 1. The fourth-order valence-corrected chi connectivity index (χ4v) is 3.06. The van der Waals surface area contributed by atoms with Crippen molar-refractivity contribution >= 4 is 17.4 Å². The largest absolute Gasteiger partial charge is 0.444 e. The van der Waals surface area contributed by atoms with Gasteiger partial charge in [-0.05, 0) is 45.1 Å². The Morgan fingerprint density at radius 2 is 2.05 bits per heavy atom. The zero-order chi connectivity index (χ0) is 14.1. The predicted molar refractivity (Wildman–Crippen MR) is 75.3 cm³/mol. The summed E-state index contributed by atoms with van der Waals surface area (Å²) in [6.07, 6.45) is 0.834. The van der Waals surface area contributed by atoms with Gasteiger partial charge in [0, 0.05) is 18.0 Å². The van der Waals surface area contributed by atoms with Gasteiger partial charge >= 0.3 is 6.09 Å². The van der Waals surface area contributed by atoms with E-state index in [9.17, 15) is 9.90 Å². The van der Waals surface area contributed by atoms with Gasteiger partial charge in [-0.25, -0.2) is 4.79 Å². The van der Waals surface area contributed by atoms with E-state index in [1.807, 2.05) is 38.3 Å². The molecule has 1 aliphatic rings. The third-order valence-electron chi connectivity index (χ3n) is 3.22. The van der Waals surface area contributed by atoms with E-state index in [0.29, 0.717) is 25.9 Å². The van der Waals surface area contributed by atoms with Gasteiger partial charge in [-0.15, -0.1) is 11.3 Å².